The molecule has 0 atom stereocenters. The maximum atomic E-state index is 12.0. The maximum Gasteiger partial charge on any atom is 0.324 e. The van der Waals surface area contributed by atoms with Gasteiger partial charge >= 0.3 is 6.03 Å². The topological polar surface area (TPSA) is 23.6 Å². The van der Waals surface area contributed by atoms with Crippen LogP contribution in [0, 0.1) is 0 Å². The highest BCUT2D eigenvalue weighted by Gasteiger charge is 2.26. The molecule has 0 saturated heterocycles. The van der Waals surface area contributed by atoms with Gasteiger partial charge in [0.05, 0.1) is 5.69 Å². The number of hydrogen-bond donors (Lipinski definition) is 0. The average Bonchev–Trinajstić information content (AvgIpc) is 2.30. The molecule has 0 fully saturated rings. The molecule has 0 unspecified atom stereocenters. The number of anilines is 1. The van der Waals surface area contributed by atoms with Gasteiger partial charge in [-0.1, -0.05) is 18.2 Å². The highest BCUT2D eigenvalue weighted by atomic mass is 35.5. The second kappa shape index (κ2) is 4.74. The lowest BCUT2D eigenvalue weighted by Gasteiger charge is -2.35. The molecule has 0 radical (unpaired) electrons. The van der Waals surface area contributed by atoms with E-state index in [9.17, 15) is 4.79 Å². The van der Waals surface area contributed by atoms with Crippen molar-refractivity contribution in [2.75, 3.05) is 24.4 Å². The fourth-order valence-electron chi connectivity index (χ4n) is 1.97. The van der Waals surface area contributed by atoms with Crippen LogP contribution in [-0.4, -0.2) is 30.4 Å². The standard InChI is InChI=1S/C12H15ClN2O/c1-14-9-10-5-2-3-6-11(10)15(12(14)16)8-4-7-13/h2-3,5-6H,4,7-9H2,1H3. The van der Waals surface area contributed by atoms with Crippen LogP contribution in [0.5, 0.6) is 0 Å². The van der Waals surface area contributed by atoms with E-state index in [4.69, 9.17) is 11.6 Å². The summed E-state index contributed by atoms with van der Waals surface area (Å²) in [6.45, 7) is 1.37. The van der Waals surface area contributed by atoms with Crippen LogP contribution in [0.2, 0.25) is 0 Å². The number of rotatable bonds is 3. The Hall–Kier alpha value is -1.22. The molecule has 1 aromatic rings. The molecule has 4 heteroatoms. The van der Waals surface area contributed by atoms with Gasteiger partial charge in [0.1, 0.15) is 0 Å². The zero-order valence-corrected chi connectivity index (χ0v) is 10.1. The quantitative estimate of drug-likeness (QED) is 0.743. The molecule has 0 saturated carbocycles. The van der Waals surface area contributed by atoms with Crippen molar-refractivity contribution in [1.29, 1.82) is 0 Å². The van der Waals surface area contributed by atoms with Gasteiger partial charge in [0, 0.05) is 26.0 Å². The molecule has 1 aliphatic rings. The molecule has 0 aromatic heterocycles. The third kappa shape index (κ3) is 2.00. The van der Waals surface area contributed by atoms with Crippen LogP contribution in [0.1, 0.15) is 12.0 Å². The highest BCUT2D eigenvalue weighted by Crippen LogP contribution is 2.27. The van der Waals surface area contributed by atoms with Crippen LogP contribution in [0.25, 0.3) is 0 Å². The molecule has 86 valence electrons. The number of urea groups is 1. The number of alkyl halides is 1. The summed E-state index contributed by atoms with van der Waals surface area (Å²) in [4.78, 5) is 15.5. The van der Waals surface area contributed by atoms with E-state index < -0.39 is 0 Å². The zero-order valence-electron chi connectivity index (χ0n) is 9.32. The lowest BCUT2D eigenvalue weighted by Crippen LogP contribution is -2.45. The third-order valence-corrected chi connectivity index (χ3v) is 3.03. The largest absolute Gasteiger partial charge is 0.324 e. The second-order valence-corrected chi connectivity index (χ2v) is 4.34. The molecule has 1 aromatic carbocycles. The van der Waals surface area contributed by atoms with Crippen molar-refractivity contribution in [1.82, 2.24) is 4.90 Å². The Labute approximate surface area is 101 Å². The number of hydrogen-bond acceptors (Lipinski definition) is 1. The van der Waals surface area contributed by atoms with Crippen molar-refractivity contribution < 1.29 is 4.79 Å². The number of para-hydroxylation sites is 1. The lowest BCUT2D eigenvalue weighted by atomic mass is 10.1. The van der Waals surface area contributed by atoms with Crippen LogP contribution in [-0.2, 0) is 6.54 Å². The first kappa shape index (κ1) is 11.3. The van der Waals surface area contributed by atoms with Gasteiger partial charge in [-0.25, -0.2) is 4.79 Å². The van der Waals surface area contributed by atoms with E-state index in [0.717, 1.165) is 12.1 Å². The molecule has 0 spiro atoms. The summed E-state index contributed by atoms with van der Waals surface area (Å²) in [5.41, 5.74) is 2.22. The van der Waals surface area contributed by atoms with Gasteiger partial charge in [-0.05, 0) is 18.1 Å². The van der Waals surface area contributed by atoms with Gasteiger partial charge in [-0.3, -0.25) is 4.90 Å². The van der Waals surface area contributed by atoms with Gasteiger partial charge < -0.3 is 4.90 Å². The van der Waals surface area contributed by atoms with Crippen LogP contribution in [0.3, 0.4) is 0 Å². The average molecular weight is 239 g/mol. The van der Waals surface area contributed by atoms with E-state index in [-0.39, 0.29) is 6.03 Å². The Morgan fingerprint density at radius 2 is 2.12 bits per heavy atom. The summed E-state index contributed by atoms with van der Waals surface area (Å²) in [5, 5.41) is 0. The molecule has 2 amide bonds. The lowest BCUT2D eigenvalue weighted by molar-refractivity contribution is 0.210. The maximum absolute atomic E-state index is 12.0. The molecule has 0 N–H and O–H groups in total. The van der Waals surface area contributed by atoms with Crippen molar-refractivity contribution in [2.45, 2.75) is 13.0 Å². The molecular weight excluding hydrogens is 224 g/mol. The fraction of sp³-hybridized carbons (Fsp3) is 0.417. The minimum absolute atomic E-state index is 0.0591. The van der Waals surface area contributed by atoms with Crippen molar-refractivity contribution >= 4 is 23.3 Å². The van der Waals surface area contributed by atoms with E-state index in [1.54, 1.807) is 9.80 Å². The number of carbonyl (C=O) groups is 1. The molecule has 1 heterocycles. The van der Waals surface area contributed by atoms with Crippen LogP contribution >= 0.6 is 11.6 Å². The minimum Gasteiger partial charge on any atom is -0.323 e. The fourth-order valence-corrected chi connectivity index (χ4v) is 2.09. The van der Waals surface area contributed by atoms with Crippen molar-refractivity contribution in [3.05, 3.63) is 29.8 Å². The summed E-state index contributed by atoms with van der Waals surface area (Å²) in [7, 11) is 1.83. The Morgan fingerprint density at radius 3 is 2.88 bits per heavy atom. The normalized spacial score (nSPS) is 15.2. The summed E-state index contributed by atoms with van der Waals surface area (Å²) < 4.78 is 0. The van der Waals surface area contributed by atoms with E-state index in [2.05, 4.69) is 6.07 Å². The van der Waals surface area contributed by atoms with Gasteiger partial charge in [-0.15, -0.1) is 11.6 Å². The molecule has 2 rings (SSSR count). The Morgan fingerprint density at radius 1 is 1.38 bits per heavy atom. The molecular formula is C12H15ClN2O. The van der Waals surface area contributed by atoms with Crippen molar-refractivity contribution in [3.63, 3.8) is 0 Å². The number of benzene rings is 1. The summed E-state index contributed by atoms with van der Waals surface area (Å²) in [6, 6.07) is 8.08. The number of halogens is 1. The molecule has 16 heavy (non-hydrogen) atoms. The van der Waals surface area contributed by atoms with Crippen molar-refractivity contribution in [2.24, 2.45) is 0 Å². The third-order valence-electron chi connectivity index (χ3n) is 2.76. The van der Waals surface area contributed by atoms with E-state index in [1.807, 2.05) is 25.2 Å². The van der Waals surface area contributed by atoms with Crippen LogP contribution in [0.15, 0.2) is 24.3 Å². The Kier molecular flexibility index (Phi) is 3.34. The number of amides is 2. The predicted molar refractivity (Wildman–Crippen MR) is 66.0 cm³/mol. The first-order chi connectivity index (χ1) is 7.74. The highest BCUT2D eigenvalue weighted by molar-refractivity contribution is 6.17. The number of fused-ring (bicyclic) bond motifs is 1. The monoisotopic (exact) mass is 238 g/mol. The van der Waals surface area contributed by atoms with Gasteiger partial charge in [0.25, 0.3) is 0 Å². The second-order valence-electron chi connectivity index (χ2n) is 3.96. The van der Waals surface area contributed by atoms with Crippen molar-refractivity contribution in [3.8, 4) is 0 Å². The first-order valence-corrected chi connectivity index (χ1v) is 5.94. The van der Waals surface area contributed by atoms with Crippen LogP contribution in [0.4, 0.5) is 10.5 Å². The molecule has 0 bridgehead atoms. The number of nitrogens with zero attached hydrogens (tertiary/aromatic N) is 2. The van der Waals surface area contributed by atoms with Crippen LogP contribution < -0.4 is 4.90 Å². The SMILES string of the molecule is CN1Cc2ccccc2N(CCCCl)C1=O. The number of carbonyl (C=O) groups excluding carboxylic acids is 1. The van der Waals surface area contributed by atoms with Gasteiger partial charge in [0.15, 0.2) is 0 Å². The van der Waals surface area contributed by atoms with E-state index in [1.165, 1.54) is 5.56 Å². The van der Waals surface area contributed by atoms with E-state index in [0.29, 0.717) is 19.0 Å². The Balaban J connectivity index is 2.30. The van der Waals surface area contributed by atoms with Gasteiger partial charge in [-0.2, -0.15) is 0 Å². The van der Waals surface area contributed by atoms with Gasteiger partial charge in [0.2, 0.25) is 0 Å². The van der Waals surface area contributed by atoms with E-state index >= 15 is 0 Å². The smallest absolute Gasteiger partial charge is 0.323 e. The molecule has 0 aliphatic carbocycles. The summed E-state index contributed by atoms with van der Waals surface area (Å²) >= 11 is 5.68. The summed E-state index contributed by atoms with van der Waals surface area (Å²) in [5.74, 6) is 0.579. The minimum atomic E-state index is 0.0591. The Bertz CT molecular complexity index is 394. The predicted octanol–water partition coefficient (Wildman–Crippen LogP) is 2.69. The molecule has 3 nitrogen and oxygen atoms in total. The zero-order chi connectivity index (χ0) is 11.5. The summed E-state index contributed by atoms with van der Waals surface area (Å²) in [6.07, 6.45) is 0.815. The molecule has 1 aliphatic heterocycles. The first-order valence-electron chi connectivity index (χ1n) is 5.40.